The van der Waals surface area contributed by atoms with Gasteiger partial charge in [-0.15, -0.1) is 0 Å². The number of nitrogens with one attached hydrogen (secondary N) is 2. The maximum absolute atomic E-state index is 14.1. The number of piperidine rings is 1. The molecule has 282 valence electrons. The van der Waals surface area contributed by atoms with Crippen molar-refractivity contribution in [1.82, 2.24) is 9.47 Å². The molecular formula is C40H49N5O8. The number of amides is 4. The van der Waals surface area contributed by atoms with Gasteiger partial charge < -0.3 is 39.0 Å². The summed E-state index contributed by atoms with van der Waals surface area (Å²) in [5.74, 6) is -0.221. The highest BCUT2D eigenvalue weighted by atomic mass is 16.7. The number of hydrogen-bond acceptors (Lipinski definition) is 8. The van der Waals surface area contributed by atoms with Gasteiger partial charge in [-0.3, -0.25) is 14.4 Å². The molecule has 13 nitrogen and oxygen atoms in total. The Balaban J connectivity index is 1.14. The predicted molar refractivity (Wildman–Crippen MR) is 200 cm³/mol. The predicted octanol–water partition coefficient (Wildman–Crippen LogP) is 6.70. The number of aryl methyl sites for hydroxylation is 3. The molecule has 2 N–H and O–H groups in total. The lowest BCUT2D eigenvalue weighted by molar-refractivity contribution is -0.198. The summed E-state index contributed by atoms with van der Waals surface area (Å²) in [4.78, 5) is 57.0. The Hall–Kier alpha value is -5.14. The van der Waals surface area contributed by atoms with E-state index in [1.165, 1.54) is 11.0 Å². The summed E-state index contributed by atoms with van der Waals surface area (Å²) >= 11 is 0. The number of aromatic nitrogens is 1. The molecule has 0 radical (unpaired) electrons. The molecule has 6 rings (SSSR count). The topological polar surface area (TPSA) is 141 Å². The van der Waals surface area contributed by atoms with Crippen LogP contribution in [-0.2, 0) is 26.1 Å². The molecular weight excluding hydrogens is 678 g/mol. The SMILES string of the molecule is C=CCOC(=O)N1c2cc(OCCCC(=O)Nc3cc(C(=O)Nc4ccc(C)cc4)n(C)c3)c(C)cc2C(=O)N2CCCC[C@H]2C1OC1CCCCO1. The van der Waals surface area contributed by atoms with E-state index in [-0.39, 0.29) is 37.4 Å². The first-order chi connectivity index (χ1) is 25.6. The van der Waals surface area contributed by atoms with Gasteiger partial charge in [0.25, 0.3) is 11.8 Å². The summed E-state index contributed by atoms with van der Waals surface area (Å²) < 4.78 is 25.9. The van der Waals surface area contributed by atoms with Crippen LogP contribution in [0.15, 0.2) is 61.3 Å². The number of anilines is 3. The van der Waals surface area contributed by atoms with Gasteiger partial charge >= 0.3 is 6.09 Å². The highest BCUT2D eigenvalue weighted by Gasteiger charge is 2.46. The Morgan fingerprint density at radius 2 is 1.79 bits per heavy atom. The summed E-state index contributed by atoms with van der Waals surface area (Å²) in [7, 11) is 1.74. The molecule has 3 aliphatic heterocycles. The molecule has 3 atom stereocenters. The Bertz CT molecular complexity index is 1820. The smallest absolute Gasteiger partial charge is 0.416 e. The van der Waals surface area contributed by atoms with Crippen LogP contribution in [0.4, 0.5) is 21.9 Å². The normalized spacial score (nSPS) is 19.8. The van der Waals surface area contributed by atoms with Crippen molar-refractivity contribution in [1.29, 1.82) is 0 Å². The second kappa shape index (κ2) is 17.1. The van der Waals surface area contributed by atoms with Gasteiger partial charge in [-0.2, -0.15) is 0 Å². The molecule has 4 amide bonds. The van der Waals surface area contributed by atoms with Gasteiger partial charge in [0.15, 0.2) is 12.5 Å². The molecule has 4 heterocycles. The molecule has 3 aliphatic rings. The molecule has 3 aromatic rings. The van der Waals surface area contributed by atoms with Crippen LogP contribution >= 0.6 is 0 Å². The van der Waals surface area contributed by atoms with Crippen molar-refractivity contribution in [2.75, 3.05) is 41.9 Å². The van der Waals surface area contributed by atoms with Crippen LogP contribution in [0.25, 0.3) is 0 Å². The summed E-state index contributed by atoms with van der Waals surface area (Å²) in [6.45, 7) is 8.81. The molecule has 2 saturated heterocycles. The number of benzene rings is 2. The number of hydrogen-bond donors (Lipinski definition) is 2. The van der Waals surface area contributed by atoms with Crippen LogP contribution in [0, 0.1) is 13.8 Å². The third kappa shape index (κ3) is 8.91. The van der Waals surface area contributed by atoms with Crippen molar-refractivity contribution in [3.05, 3.63) is 83.7 Å². The Kier molecular flexibility index (Phi) is 12.2. The molecule has 0 aliphatic carbocycles. The van der Waals surface area contributed by atoms with E-state index in [1.807, 2.05) is 43.0 Å². The second-order valence-electron chi connectivity index (χ2n) is 13.8. The molecule has 53 heavy (non-hydrogen) atoms. The summed E-state index contributed by atoms with van der Waals surface area (Å²) in [5.41, 5.74) is 4.10. The molecule has 0 spiro atoms. The largest absolute Gasteiger partial charge is 0.493 e. The van der Waals surface area contributed by atoms with Gasteiger partial charge in [-0.1, -0.05) is 30.4 Å². The molecule has 13 heteroatoms. The minimum absolute atomic E-state index is 0.0121. The zero-order valence-electron chi connectivity index (χ0n) is 30.7. The lowest BCUT2D eigenvalue weighted by Gasteiger charge is -2.42. The Labute approximate surface area is 310 Å². The van der Waals surface area contributed by atoms with Gasteiger partial charge in [0.05, 0.1) is 29.6 Å². The fraction of sp³-hybridized carbons (Fsp3) is 0.450. The number of rotatable bonds is 12. The van der Waals surface area contributed by atoms with Crippen molar-refractivity contribution in [3.63, 3.8) is 0 Å². The minimum Gasteiger partial charge on any atom is -0.493 e. The zero-order valence-corrected chi connectivity index (χ0v) is 30.7. The fourth-order valence-electron chi connectivity index (χ4n) is 7.03. The van der Waals surface area contributed by atoms with Gasteiger partial charge in [0.2, 0.25) is 5.91 Å². The quantitative estimate of drug-likeness (QED) is 0.155. The maximum atomic E-state index is 14.1. The van der Waals surface area contributed by atoms with E-state index in [0.717, 1.165) is 31.2 Å². The number of carbonyl (C=O) groups is 4. The average Bonchev–Trinajstić information content (AvgIpc) is 3.49. The van der Waals surface area contributed by atoms with Crippen molar-refractivity contribution in [2.24, 2.45) is 7.05 Å². The van der Waals surface area contributed by atoms with Gasteiger partial charge in [0, 0.05) is 44.6 Å². The fourth-order valence-corrected chi connectivity index (χ4v) is 7.03. The highest BCUT2D eigenvalue weighted by molar-refractivity contribution is 6.06. The molecule has 2 fully saturated rings. The lowest BCUT2D eigenvalue weighted by Crippen LogP contribution is -2.57. The first kappa shape index (κ1) is 37.6. The van der Waals surface area contributed by atoms with Gasteiger partial charge in [-0.05, 0) is 88.6 Å². The van der Waals surface area contributed by atoms with E-state index >= 15 is 0 Å². The molecule has 0 bridgehead atoms. The van der Waals surface area contributed by atoms with Gasteiger partial charge in [0.1, 0.15) is 18.1 Å². The second-order valence-corrected chi connectivity index (χ2v) is 13.8. The Morgan fingerprint density at radius 1 is 1.00 bits per heavy atom. The van der Waals surface area contributed by atoms with Crippen LogP contribution in [0.3, 0.4) is 0 Å². The third-order valence-corrected chi connectivity index (χ3v) is 9.76. The first-order valence-electron chi connectivity index (χ1n) is 18.4. The van der Waals surface area contributed by atoms with E-state index in [0.29, 0.717) is 72.0 Å². The minimum atomic E-state index is -0.840. The summed E-state index contributed by atoms with van der Waals surface area (Å²) in [6, 6.07) is 12.2. The van der Waals surface area contributed by atoms with Crippen LogP contribution in [0.5, 0.6) is 5.75 Å². The molecule has 0 saturated carbocycles. The number of ether oxygens (including phenoxy) is 4. The van der Waals surface area contributed by atoms with Crippen molar-refractivity contribution in [3.8, 4) is 5.75 Å². The summed E-state index contributed by atoms with van der Waals surface area (Å²) in [6.07, 6.45) is 6.69. The molecule has 1 aromatic heterocycles. The van der Waals surface area contributed by atoms with Crippen molar-refractivity contribution < 1.29 is 38.1 Å². The van der Waals surface area contributed by atoms with Crippen LogP contribution in [0.2, 0.25) is 0 Å². The number of fused-ring (bicyclic) bond motifs is 2. The van der Waals surface area contributed by atoms with Crippen LogP contribution in [-0.4, -0.2) is 78.2 Å². The van der Waals surface area contributed by atoms with E-state index < -0.39 is 24.7 Å². The average molecular weight is 728 g/mol. The highest BCUT2D eigenvalue weighted by Crippen LogP contribution is 2.40. The zero-order chi connectivity index (χ0) is 37.5. The number of carbonyl (C=O) groups excluding carboxylic acids is 4. The molecule has 2 unspecified atom stereocenters. The third-order valence-electron chi connectivity index (χ3n) is 9.76. The standard InChI is InChI=1S/C40H49N5O8/c1-5-19-52-40(49)45-32-24-34(27(3)22-30(32)38(48)44-18-8-6-11-31(44)39(45)53-36-13-7-9-20-51-36)50-21-10-12-35(46)41-29-23-33(43(4)25-29)37(47)42-28-16-14-26(2)15-17-28/h5,14-17,22-25,31,36,39H,1,6-13,18-21H2,2-4H3,(H,41,46)(H,42,47)/t31-,36?,39?/m0/s1. The van der Waals surface area contributed by atoms with E-state index in [2.05, 4.69) is 17.2 Å². The number of nitrogens with zero attached hydrogens (tertiary/aromatic N) is 3. The maximum Gasteiger partial charge on any atom is 0.416 e. The van der Waals surface area contributed by atoms with E-state index in [1.54, 1.807) is 36.0 Å². The first-order valence-corrected chi connectivity index (χ1v) is 18.4. The van der Waals surface area contributed by atoms with Crippen LogP contribution in [0.1, 0.15) is 83.3 Å². The Morgan fingerprint density at radius 3 is 2.55 bits per heavy atom. The molecule has 2 aromatic carbocycles. The summed E-state index contributed by atoms with van der Waals surface area (Å²) in [5, 5.41) is 5.74. The van der Waals surface area contributed by atoms with Crippen molar-refractivity contribution >= 4 is 40.9 Å². The van der Waals surface area contributed by atoms with Crippen molar-refractivity contribution in [2.45, 2.75) is 83.8 Å². The van der Waals surface area contributed by atoms with E-state index in [4.69, 9.17) is 18.9 Å². The monoisotopic (exact) mass is 727 g/mol. The lowest BCUT2D eigenvalue weighted by atomic mass is 10.00. The van der Waals surface area contributed by atoms with Gasteiger partial charge in [-0.25, -0.2) is 9.69 Å². The van der Waals surface area contributed by atoms with E-state index in [9.17, 15) is 19.2 Å². The van der Waals surface area contributed by atoms with Crippen LogP contribution < -0.4 is 20.3 Å².